The van der Waals surface area contributed by atoms with Crippen molar-refractivity contribution in [2.45, 2.75) is 38.7 Å². The Morgan fingerprint density at radius 1 is 1.50 bits per heavy atom. The molecule has 0 aromatic carbocycles. The maximum atomic E-state index is 11.9. The summed E-state index contributed by atoms with van der Waals surface area (Å²) in [4.78, 5) is 24.3. The van der Waals surface area contributed by atoms with Crippen LogP contribution < -0.4 is 0 Å². The van der Waals surface area contributed by atoms with Gasteiger partial charge in [-0.05, 0) is 27.2 Å². The summed E-state index contributed by atoms with van der Waals surface area (Å²) in [7, 11) is 0. The number of carboxylic acids is 1. The molecule has 1 saturated heterocycles. The molecular formula is C13H18N2O5. The van der Waals surface area contributed by atoms with E-state index in [-0.39, 0.29) is 17.8 Å². The second-order valence-electron chi connectivity index (χ2n) is 5.83. The van der Waals surface area contributed by atoms with Gasteiger partial charge in [-0.3, -0.25) is 0 Å². The fraction of sp³-hybridized carbons (Fsp3) is 0.615. The van der Waals surface area contributed by atoms with E-state index in [9.17, 15) is 9.59 Å². The number of amides is 1. The predicted octanol–water partition coefficient (Wildman–Crippen LogP) is 2.10. The number of rotatable bonds is 2. The number of nitrogens with zero attached hydrogens (tertiary/aromatic N) is 2. The molecule has 1 N–H and O–H groups in total. The van der Waals surface area contributed by atoms with Gasteiger partial charge in [0.1, 0.15) is 5.60 Å². The Morgan fingerprint density at radius 2 is 2.20 bits per heavy atom. The summed E-state index contributed by atoms with van der Waals surface area (Å²) in [5.74, 6) is -1.35. The molecule has 1 aromatic heterocycles. The van der Waals surface area contributed by atoms with Crippen molar-refractivity contribution in [3.05, 3.63) is 17.5 Å². The van der Waals surface area contributed by atoms with Crippen LogP contribution in [0.4, 0.5) is 4.79 Å². The van der Waals surface area contributed by atoms with Crippen molar-refractivity contribution >= 4 is 12.1 Å². The zero-order valence-corrected chi connectivity index (χ0v) is 11.8. The molecule has 0 bridgehead atoms. The van der Waals surface area contributed by atoms with E-state index in [1.807, 2.05) is 20.8 Å². The summed E-state index contributed by atoms with van der Waals surface area (Å²) in [6.45, 7) is 6.47. The van der Waals surface area contributed by atoms with Crippen molar-refractivity contribution in [3.63, 3.8) is 0 Å². The minimum atomic E-state index is -1.15. The Bertz CT molecular complexity index is 517. The molecule has 7 nitrogen and oxygen atoms in total. The van der Waals surface area contributed by atoms with Crippen molar-refractivity contribution in [1.82, 2.24) is 10.1 Å². The third kappa shape index (κ3) is 3.28. The molecule has 20 heavy (non-hydrogen) atoms. The number of carboxylic acid groups (broad SMARTS) is 1. The van der Waals surface area contributed by atoms with Crippen LogP contribution in [0.3, 0.4) is 0 Å². The molecule has 0 aliphatic carbocycles. The van der Waals surface area contributed by atoms with Crippen LogP contribution in [-0.2, 0) is 4.74 Å². The summed E-state index contributed by atoms with van der Waals surface area (Å²) in [6.07, 6.45) is 0.354. The second-order valence-corrected chi connectivity index (χ2v) is 5.83. The fourth-order valence-corrected chi connectivity index (χ4v) is 2.08. The molecule has 7 heteroatoms. The second kappa shape index (κ2) is 5.15. The van der Waals surface area contributed by atoms with Crippen LogP contribution in [0.15, 0.2) is 10.6 Å². The van der Waals surface area contributed by atoms with Gasteiger partial charge in [0, 0.05) is 25.1 Å². The van der Waals surface area contributed by atoms with E-state index in [4.69, 9.17) is 14.4 Å². The summed E-state index contributed by atoms with van der Waals surface area (Å²) < 4.78 is 10.0. The van der Waals surface area contributed by atoms with Crippen molar-refractivity contribution in [3.8, 4) is 0 Å². The van der Waals surface area contributed by atoms with Gasteiger partial charge in [0.15, 0.2) is 0 Å². The Morgan fingerprint density at radius 3 is 2.75 bits per heavy atom. The Hall–Kier alpha value is -2.05. The minimum absolute atomic E-state index is 0.0145. The van der Waals surface area contributed by atoms with Gasteiger partial charge in [-0.2, -0.15) is 0 Å². The van der Waals surface area contributed by atoms with Crippen LogP contribution in [0.1, 0.15) is 49.4 Å². The standard InChI is InChI=1S/C13H18N2O5/c1-13(2,3)19-12(18)15-5-4-8(7-15)9-6-10(11(16)17)20-14-9/h6,8H,4-5,7H2,1-3H3,(H,16,17). The molecule has 1 fully saturated rings. The largest absolute Gasteiger partial charge is 0.475 e. The van der Waals surface area contributed by atoms with Crippen LogP contribution in [0.2, 0.25) is 0 Å². The molecule has 0 spiro atoms. The van der Waals surface area contributed by atoms with Crippen LogP contribution in [0.25, 0.3) is 0 Å². The molecule has 1 aliphatic heterocycles. The van der Waals surface area contributed by atoms with E-state index >= 15 is 0 Å². The smallest absolute Gasteiger partial charge is 0.410 e. The summed E-state index contributed by atoms with van der Waals surface area (Å²) in [5, 5.41) is 12.5. The normalized spacial score (nSPS) is 19.1. The lowest BCUT2D eigenvalue weighted by molar-refractivity contribution is 0.0292. The number of aromatic nitrogens is 1. The van der Waals surface area contributed by atoms with Crippen molar-refractivity contribution in [1.29, 1.82) is 0 Å². The number of hydrogen-bond acceptors (Lipinski definition) is 5. The number of hydrogen-bond donors (Lipinski definition) is 1. The van der Waals surface area contributed by atoms with Gasteiger partial charge in [0.05, 0.1) is 5.69 Å². The quantitative estimate of drug-likeness (QED) is 0.892. The van der Waals surface area contributed by atoms with Gasteiger partial charge in [-0.15, -0.1) is 0 Å². The van der Waals surface area contributed by atoms with E-state index in [0.717, 1.165) is 0 Å². The number of carbonyl (C=O) groups excluding carboxylic acids is 1. The van der Waals surface area contributed by atoms with Gasteiger partial charge in [0.2, 0.25) is 5.76 Å². The highest BCUT2D eigenvalue weighted by Gasteiger charge is 2.32. The van der Waals surface area contributed by atoms with E-state index in [0.29, 0.717) is 25.2 Å². The molecule has 1 unspecified atom stereocenters. The van der Waals surface area contributed by atoms with Crippen LogP contribution in [0, 0.1) is 0 Å². The number of aromatic carboxylic acids is 1. The van der Waals surface area contributed by atoms with E-state index in [2.05, 4.69) is 5.16 Å². The van der Waals surface area contributed by atoms with Gasteiger partial charge in [-0.1, -0.05) is 5.16 Å². The van der Waals surface area contributed by atoms with Gasteiger partial charge >= 0.3 is 12.1 Å². The molecule has 1 aliphatic rings. The van der Waals surface area contributed by atoms with Crippen molar-refractivity contribution in [2.75, 3.05) is 13.1 Å². The van der Waals surface area contributed by atoms with Crippen LogP contribution in [0.5, 0.6) is 0 Å². The van der Waals surface area contributed by atoms with Crippen molar-refractivity contribution < 1.29 is 24.0 Å². The summed E-state index contributed by atoms with van der Waals surface area (Å²) in [5.41, 5.74) is 0.0352. The monoisotopic (exact) mass is 282 g/mol. The highest BCUT2D eigenvalue weighted by molar-refractivity contribution is 5.84. The first-order valence-corrected chi connectivity index (χ1v) is 6.44. The molecule has 1 aromatic rings. The Labute approximate surface area is 116 Å². The van der Waals surface area contributed by atoms with Gasteiger partial charge in [-0.25, -0.2) is 9.59 Å². The minimum Gasteiger partial charge on any atom is -0.475 e. The average molecular weight is 282 g/mol. The lowest BCUT2D eigenvalue weighted by Crippen LogP contribution is -2.35. The molecule has 2 heterocycles. The summed E-state index contributed by atoms with van der Waals surface area (Å²) >= 11 is 0. The van der Waals surface area contributed by atoms with Crippen LogP contribution in [-0.4, -0.2) is 45.9 Å². The first kappa shape index (κ1) is 14.4. The average Bonchev–Trinajstić information content (AvgIpc) is 2.95. The Balaban J connectivity index is 1.98. The zero-order chi connectivity index (χ0) is 14.9. The first-order chi connectivity index (χ1) is 9.26. The van der Waals surface area contributed by atoms with E-state index in [1.165, 1.54) is 6.07 Å². The lowest BCUT2D eigenvalue weighted by Gasteiger charge is -2.24. The SMILES string of the molecule is CC(C)(C)OC(=O)N1CCC(c2cc(C(=O)O)on2)C1. The predicted molar refractivity (Wildman–Crippen MR) is 68.6 cm³/mol. The molecule has 0 saturated carbocycles. The molecule has 0 radical (unpaired) electrons. The van der Waals surface area contributed by atoms with E-state index in [1.54, 1.807) is 4.90 Å². The molecule has 1 amide bonds. The van der Waals surface area contributed by atoms with Crippen LogP contribution >= 0.6 is 0 Å². The number of ether oxygens (including phenoxy) is 1. The first-order valence-electron chi connectivity index (χ1n) is 6.44. The molecule has 110 valence electrons. The molecular weight excluding hydrogens is 264 g/mol. The van der Waals surface area contributed by atoms with Gasteiger partial charge < -0.3 is 19.3 Å². The number of likely N-dealkylation sites (tertiary alicyclic amines) is 1. The topological polar surface area (TPSA) is 92.9 Å². The highest BCUT2D eigenvalue weighted by atomic mass is 16.6. The molecule has 2 rings (SSSR count). The fourth-order valence-electron chi connectivity index (χ4n) is 2.08. The number of carbonyl (C=O) groups is 2. The third-order valence-electron chi connectivity index (χ3n) is 3.00. The van der Waals surface area contributed by atoms with Gasteiger partial charge in [0.25, 0.3) is 0 Å². The zero-order valence-electron chi connectivity index (χ0n) is 11.8. The van der Waals surface area contributed by atoms with Crippen molar-refractivity contribution in [2.24, 2.45) is 0 Å². The molecule has 1 atom stereocenters. The maximum Gasteiger partial charge on any atom is 0.410 e. The third-order valence-corrected chi connectivity index (χ3v) is 3.00. The highest BCUT2D eigenvalue weighted by Crippen LogP contribution is 2.28. The Kier molecular flexibility index (Phi) is 3.69. The summed E-state index contributed by atoms with van der Waals surface area (Å²) in [6, 6.07) is 1.41. The lowest BCUT2D eigenvalue weighted by atomic mass is 10.1. The van der Waals surface area contributed by atoms with E-state index < -0.39 is 11.6 Å². The maximum absolute atomic E-state index is 11.9.